The van der Waals surface area contributed by atoms with Crippen LogP contribution in [0.2, 0.25) is 5.02 Å². The van der Waals surface area contributed by atoms with Crippen molar-refractivity contribution in [2.45, 2.75) is 26.3 Å². The number of nitrogens with one attached hydrogen (secondary N) is 2. The van der Waals surface area contributed by atoms with E-state index in [1.807, 2.05) is 6.92 Å². The molecule has 1 unspecified atom stereocenters. The second-order valence-corrected chi connectivity index (χ2v) is 4.49. The summed E-state index contributed by atoms with van der Waals surface area (Å²) in [6.45, 7) is 4.40. The molecular formula is C13H19ClN2O2. The molecule has 0 aromatic heterocycles. The summed E-state index contributed by atoms with van der Waals surface area (Å²) in [4.78, 5) is 11.7. The number of carbonyl (C=O) groups is 1. The van der Waals surface area contributed by atoms with Crippen molar-refractivity contribution in [3.05, 3.63) is 23.2 Å². The largest absolute Gasteiger partial charge is 0.495 e. The topological polar surface area (TPSA) is 50.4 Å². The Balaban J connectivity index is 2.52. The normalized spacial score (nSPS) is 12.0. The van der Waals surface area contributed by atoms with Gasteiger partial charge in [-0.25, -0.2) is 0 Å². The third-order valence-corrected chi connectivity index (χ3v) is 2.95. The Morgan fingerprint density at radius 1 is 1.50 bits per heavy atom. The fourth-order valence-electron chi connectivity index (χ4n) is 1.36. The van der Waals surface area contributed by atoms with E-state index < -0.39 is 0 Å². The van der Waals surface area contributed by atoms with E-state index in [1.54, 1.807) is 25.3 Å². The van der Waals surface area contributed by atoms with Crippen LogP contribution in [0.1, 0.15) is 20.3 Å². The Hall–Kier alpha value is -1.26. The SMILES string of the molecule is CCC(C)NCC(=O)Nc1ccc(OC)c(Cl)c1. The first-order chi connectivity index (χ1) is 8.56. The van der Waals surface area contributed by atoms with Gasteiger partial charge in [0.2, 0.25) is 5.91 Å². The number of hydrogen-bond donors (Lipinski definition) is 2. The van der Waals surface area contributed by atoms with Gasteiger partial charge in [0.1, 0.15) is 5.75 Å². The maximum absolute atomic E-state index is 11.7. The molecule has 0 fully saturated rings. The Bertz CT molecular complexity index is 410. The summed E-state index contributed by atoms with van der Waals surface area (Å²) >= 11 is 5.97. The van der Waals surface area contributed by atoms with Gasteiger partial charge in [-0.05, 0) is 31.5 Å². The first-order valence-corrected chi connectivity index (χ1v) is 6.31. The number of benzene rings is 1. The average molecular weight is 271 g/mol. The van der Waals surface area contributed by atoms with Crippen molar-refractivity contribution in [2.24, 2.45) is 0 Å². The van der Waals surface area contributed by atoms with Gasteiger partial charge >= 0.3 is 0 Å². The second-order valence-electron chi connectivity index (χ2n) is 4.09. The predicted molar refractivity (Wildman–Crippen MR) is 74.4 cm³/mol. The lowest BCUT2D eigenvalue weighted by Crippen LogP contribution is -2.33. The van der Waals surface area contributed by atoms with Crippen LogP contribution >= 0.6 is 11.6 Å². The molecule has 2 N–H and O–H groups in total. The van der Waals surface area contributed by atoms with Gasteiger partial charge in [0.15, 0.2) is 0 Å². The molecule has 1 rings (SSSR count). The van der Waals surface area contributed by atoms with Gasteiger partial charge in [-0.3, -0.25) is 4.79 Å². The zero-order valence-corrected chi connectivity index (χ0v) is 11.7. The summed E-state index contributed by atoms with van der Waals surface area (Å²) in [6, 6.07) is 5.48. The third kappa shape index (κ3) is 4.55. The molecule has 0 radical (unpaired) electrons. The molecule has 100 valence electrons. The number of carbonyl (C=O) groups excluding carboxylic acids is 1. The Kier molecular flexibility index (Phi) is 5.95. The molecule has 0 saturated heterocycles. The minimum Gasteiger partial charge on any atom is -0.495 e. The molecule has 0 aliphatic heterocycles. The molecule has 1 amide bonds. The van der Waals surface area contributed by atoms with Gasteiger partial charge < -0.3 is 15.4 Å². The van der Waals surface area contributed by atoms with Crippen LogP contribution in [0.4, 0.5) is 5.69 Å². The van der Waals surface area contributed by atoms with E-state index >= 15 is 0 Å². The molecule has 1 atom stereocenters. The summed E-state index contributed by atoms with van der Waals surface area (Å²) in [5.41, 5.74) is 0.664. The van der Waals surface area contributed by atoms with E-state index in [-0.39, 0.29) is 5.91 Å². The van der Waals surface area contributed by atoms with Crippen molar-refractivity contribution in [2.75, 3.05) is 19.0 Å². The van der Waals surface area contributed by atoms with Gasteiger partial charge in [-0.2, -0.15) is 0 Å². The number of methoxy groups -OCH3 is 1. The number of halogens is 1. The van der Waals surface area contributed by atoms with Crippen molar-refractivity contribution in [1.29, 1.82) is 0 Å². The molecule has 1 aromatic carbocycles. The Morgan fingerprint density at radius 3 is 2.78 bits per heavy atom. The molecule has 0 spiro atoms. The van der Waals surface area contributed by atoms with Crippen LogP contribution in [0.5, 0.6) is 5.75 Å². The number of rotatable bonds is 6. The van der Waals surface area contributed by atoms with E-state index in [9.17, 15) is 4.79 Å². The van der Waals surface area contributed by atoms with Crippen LogP contribution in [0, 0.1) is 0 Å². The highest BCUT2D eigenvalue weighted by Crippen LogP contribution is 2.26. The van der Waals surface area contributed by atoms with Crippen LogP contribution < -0.4 is 15.4 Å². The maximum Gasteiger partial charge on any atom is 0.238 e. The lowest BCUT2D eigenvalue weighted by atomic mass is 10.2. The molecular weight excluding hydrogens is 252 g/mol. The van der Waals surface area contributed by atoms with E-state index in [4.69, 9.17) is 16.3 Å². The van der Waals surface area contributed by atoms with Crippen LogP contribution in [-0.2, 0) is 4.79 Å². The number of ether oxygens (including phenoxy) is 1. The summed E-state index contributed by atoms with van der Waals surface area (Å²) in [5.74, 6) is 0.504. The quantitative estimate of drug-likeness (QED) is 0.836. The Morgan fingerprint density at radius 2 is 2.22 bits per heavy atom. The molecule has 5 heteroatoms. The lowest BCUT2D eigenvalue weighted by Gasteiger charge is -2.12. The van der Waals surface area contributed by atoms with Crippen molar-refractivity contribution < 1.29 is 9.53 Å². The second kappa shape index (κ2) is 7.24. The van der Waals surface area contributed by atoms with Crippen molar-refractivity contribution >= 4 is 23.2 Å². The lowest BCUT2D eigenvalue weighted by molar-refractivity contribution is -0.115. The smallest absolute Gasteiger partial charge is 0.238 e. The van der Waals surface area contributed by atoms with Crippen LogP contribution in [0.3, 0.4) is 0 Å². The summed E-state index contributed by atoms with van der Waals surface area (Å²) in [6.07, 6.45) is 0.988. The molecule has 0 aliphatic carbocycles. The highest BCUT2D eigenvalue weighted by Gasteiger charge is 2.06. The van der Waals surface area contributed by atoms with Crippen molar-refractivity contribution in [1.82, 2.24) is 5.32 Å². The van der Waals surface area contributed by atoms with Crippen LogP contribution in [0.25, 0.3) is 0 Å². The predicted octanol–water partition coefficient (Wildman–Crippen LogP) is 2.68. The number of anilines is 1. The minimum atomic E-state index is -0.0865. The van der Waals surface area contributed by atoms with Gasteiger partial charge in [-0.15, -0.1) is 0 Å². The van der Waals surface area contributed by atoms with Crippen molar-refractivity contribution in [3.8, 4) is 5.75 Å². The molecule has 0 bridgehead atoms. The molecule has 4 nitrogen and oxygen atoms in total. The van der Waals surface area contributed by atoms with Crippen LogP contribution in [-0.4, -0.2) is 25.6 Å². The third-order valence-electron chi connectivity index (χ3n) is 2.66. The first-order valence-electron chi connectivity index (χ1n) is 5.93. The average Bonchev–Trinajstić information content (AvgIpc) is 2.36. The maximum atomic E-state index is 11.7. The van der Waals surface area contributed by atoms with E-state index in [0.717, 1.165) is 6.42 Å². The van der Waals surface area contributed by atoms with E-state index in [0.29, 0.717) is 29.0 Å². The zero-order chi connectivity index (χ0) is 13.5. The fourth-order valence-corrected chi connectivity index (χ4v) is 1.62. The number of hydrogen-bond acceptors (Lipinski definition) is 3. The molecule has 18 heavy (non-hydrogen) atoms. The zero-order valence-electron chi connectivity index (χ0n) is 10.9. The number of amides is 1. The van der Waals surface area contributed by atoms with E-state index in [2.05, 4.69) is 17.6 Å². The highest BCUT2D eigenvalue weighted by molar-refractivity contribution is 6.32. The van der Waals surface area contributed by atoms with Crippen LogP contribution in [0.15, 0.2) is 18.2 Å². The van der Waals surface area contributed by atoms with E-state index in [1.165, 1.54) is 0 Å². The monoisotopic (exact) mass is 270 g/mol. The summed E-state index contributed by atoms with van der Waals surface area (Å²) < 4.78 is 5.04. The molecule has 0 aliphatic rings. The highest BCUT2D eigenvalue weighted by atomic mass is 35.5. The van der Waals surface area contributed by atoms with Gasteiger partial charge in [-0.1, -0.05) is 18.5 Å². The van der Waals surface area contributed by atoms with Gasteiger partial charge in [0.05, 0.1) is 18.7 Å². The molecule has 0 heterocycles. The summed E-state index contributed by atoms with van der Waals surface area (Å²) in [7, 11) is 1.55. The Labute approximate surface area is 113 Å². The van der Waals surface area contributed by atoms with Crippen molar-refractivity contribution in [3.63, 3.8) is 0 Å². The van der Waals surface area contributed by atoms with Gasteiger partial charge in [0.25, 0.3) is 0 Å². The minimum absolute atomic E-state index is 0.0865. The fraction of sp³-hybridized carbons (Fsp3) is 0.462. The summed E-state index contributed by atoms with van der Waals surface area (Å²) in [5, 5.41) is 6.37. The first kappa shape index (κ1) is 14.8. The molecule has 0 saturated carbocycles. The standard InChI is InChI=1S/C13H19ClN2O2/c1-4-9(2)15-8-13(17)16-10-5-6-12(18-3)11(14)7-10/h5-7,9,15H,4,8H2,1-3H3,(H,16,17). The van der Waals surface area contributed by atoms with Gasteiger partial charge in [0, 0.05) is 11.7 Å². The molecule has 1 aromatic rings.